The van der Waals surface area contributed by atoms with Gasteiger partial charge in [-0.1, -0.05) is 50.6 Å². The minimum atomic E-state index is 0.173. The van der Waals surface area contributed by atoms with E-state index in [-0.39, 0.29) is 5.41 Å². The highest BCUT2D eigenvalue weighted by molar-refractivity contribution is 6.30. The van der Waals surface area contributed by atoms with Crippen LogP contribution >= 0.6 is 11.6 Å². The third-order valence-electron chi connectivity index (χ3n) is 3.24. The normalized spacial score (nSPS) is 11.2. The van der Waals surface area contributed by atoms with Crippen LogP contribution in [0.5, 0.6) is 5.75 Å². The highest BCUT2D eigenvalue weighted by Crippen LogP contribution is 2.24. The molecule has 0 saturated heterocycles. The fourth-order valence-electron chi connectivity index (χ4n) is 2.01. The maximum Gasteiger partial charge on any atom is 0.119 e. The second-order valence-electron chi connectivity index (χ2n) is 6.06. The summed E-state index contributed by atoms with van der Waals surface area (Å²) in [6.45, 7) is 7.97. The minimum absolute atomic E-state index is 0.173. The molecular weight excluding hydrogens is 282 g/mol. The summed E-state index contributed by atoms with van der Waals surface area (Å²) < 4.78 is 5.73. The molecule has 21 heavy (non-hydrogen) atoms. The van der Waals surface area contributed by atoms with E-state index < -0.39 is 0 Å². The molecule has 0 fully saturated rings. The third kappa shape index (κ3) is 4.98. The molecule has 2 aromatic carbocycles. The Kier molecular flexibility index (Phi) is 5.13. The number of halogens is 1. The van der Waals surface area contributed by atoms with Gasteiger partial charge in [-0.2, -0.15) is 0 Å². The van der Waals surface area contributed by atoms with Gasteiger partial charge in [-0.15, -0.1) is 0 Å². The minimum Gasteiger partial charge on any atom is -0.492 e. The maximum atomic E-state index is 5.93. The molecule has 2 nitrogen and oxygen atoms in total. The maximum absolute atomic E-state index is 5.93. The quantitative estimate of drug-likeness (QED) is 0.773. The summed E-state index contributed by atoms with van der Waals surface area (Å²) in [6.07, 6.45) is 0. The van der Waals surface area contributed by atoms with Crippen molar-refractivity contribution in [3.8, 4) is 5.75 Å². The van der Waals surface area contributed by atoms with Gasteiger partial charge in [-0.25, -0.2) is 0 Å². The van der Waals surface area contributed by atoms with Gasteiger partial charge in [0.05, 0.1) is 0 Å². The summed E-state index contributed by atoms with van der Waals surface area (Å²) in [4.78, 5) is 0. The van der Waals surface area contributed by atoms with Crippen LogP contribution in [0, 0.1) is 0 Å². The zero-order chi connectivity index (χ0) is 15.3. The summed E-state index contributed by atoms with van der Waals surface area (Å²) >= 11 is 5.93. The fraction of sp³-hybridized carbons (Fsp3) is 0.333. The largest absolute Gasteiger partial charge is 0.492 e. The van der Waals surface area contributed by atoms with Gasteiger partial charge in [-0.05, 0) is 41.3 Å². The number of ether oxygens (including phenoxy) is 1. The topological polar surface area (TPSA) is 21.3 Å². The van der Waals surface area contributed by atoms with Crippen LogP contribution in [-0.4, -0.2) is 13.2 Å². The molecule has 112 valence electrons. The van der Waals surface area contributed by atoms with E-state index in [0.29, 0.717) is 6.61 Å². The van der Waals surface area contributed by atoms with Crippen molar-refractivity contribution >= 4 is 17.3 Å². The number of anilines is 1. The molecule has 3 heteroatoms. The van der Waals surface area contributed by atoms with E-state index in [1.807, 2.05) is 36.4 Å². The molecule has 0 unspecified atom stereocenters. The molecule has 2 rings (SSSR count). The summed E-state index contributed by atoms with van der Waals surface area (Å²) in [7, 11) is 0. The molecule has 0 amide bonds. The van der Waals surface area contributed by atoms with E-state index in [0.717, 1.165) is 23.0 Å². The lowest BCUT2D eigenvalue weighted by molar-refractivity contribution is 0.332. The highest BCUT2D eigenvalue weighted by atomic mass is 35.5. The first-order chi connectivity index (χ1) is 9.95. The van der Waals surface area contributed by atoms with Gasteiger partial charge in [0.2, 0.25) is 0 Å². The van der Waals surface area contributed by atoms with Gasteiger partial charge in [0.1, 0.15) is 12.4 Å². The fourth-order valence-corrected chi connectivity index (χ4v) is 2.20. The Hall–Kier alpha value is -1.67. The van der Waals surface area contributed by atoms with Crippen molar-refractivity contribution in [3.63, 3.8) is 0 Å². The Morgan fingerprint density at radius 3 is 2.38 bits per heavy atom. The lowest BCUT2D eigenvalue weighted by atomic mass is 9.87. The number of hydrogen-bond donors (Lipinski definition) is 1. The van der Waals surface area contributed by atoms with Crippen LogP contribution in [0.4, 0.5) is 5.69 Å². The van der Waals surface area contributed by atoms with Crippen LogP contribution in [0.3, 0.4) is 0 Å². The predicted molar refractivity (Wildman–Crippen MR) is 90.6 cm³/mol. The van der Waals surface area contributed by atoms with E-state index >= 15 is 0 Å². The monoisotopic (exact) mass is 303 g/mol. The van der Waals surface area contributed by atoms with Crippen LogP contribution < -0.4 is 10.1 Å². The van der Waals surface area contributed by atoms with E-state index in [4.69, 9.17) is 16.3 Å². The summed E-state index contributed by atoms with van der Waals surface area (Å²) in [5.74, 6) is 0.899. The van der Waals surface area contributed by atoms with E-state index in [9.17, 15) is 0 Å². The molecule has 2 aromatic rings. The Balaban J connectivity index is 1.79. The number of rotatable bonds is 5. The van der Waals surface area contributed by atoms with Gasteiger partial charge >= 0.3 is 0 Å². The van der Waals surface area contributed by atoms with Crippen LogP contribution in [0.25, 0.3) is 0 Å². The average Bonchev–Trinajstić information content (AvgIpc) is 2.43. The molecular formula is C18H22ClNO. The Morgan fingerprint density at radius 1 is 1.05 bits per heavy atom. The van der Waals surface area contributed by atoms with Gasteiger partial charge in [-0.3, -0.25) is 0 Å². The molecule has 0 aliphatic heterocycles. The van der Waals surface area contributed by atoms with Crippen molar-refractivity contribution < 1.29 is 4.74 Å². The van der Waals surface area contributed by atoms with Crippen LogP contribution in [0.2, 0.25) is 5.02 Å². The van der Waals surface area contributed by atoms with Crippen LogP contribution in [0.1, 0.15) is 26.3 Å². The number of nitrogens with one attached hydrogen (secondary N) is 1. The zero-order valence-corrected chi connectivity index (χ0v) is 13.6. The van der Waals surface area contributed by atoms with Crippen LogP contribution in [0.15, 0.2) is 48.5 Å². The summed E-state index contributed by atoms with van der Waals surface area (Å²) in [5.41, 5.74) is 2.49. The Bertz CT molecular complexity index is 573. The van der Waals surface area contributed by atoms with Crippen LogP contribution in [-0.2, 0) is 5.41 Å². The van der Waals surface area contributed by atoms with Gasteiger partial charge < -0.3 is 10.1 Å². The smallest absolute Gasteiger partial charge is 0.119 e. The molecule has 0 aliphatic carbocycles. The standard InChI is InChI=1S/C18H22ClNO/c1-18(2,3)14-7-9-17(10-8-14)21-12-11-20-16-6-4-5-15(19)13-16/h4-10,13,20H,11-12H2,1-3H3. The average molecular weight is 304 g/mol. The molecule has 0 atom stereocenters. The van der Waals surface area contributed by atoms with Gasteiger partial charge in [0.15, 0.2) is 0 Å². The first kappa shape index (κ1) is 15.7. The summed E-state index contributed by atoms with van der Waals surface area (Å²) in [5, 5.41) is 4.02. The van der Waals surface area contributed by atoms with Crippen molar-refractivity contribution in [2.75, 3.05) is 18.5 Å². The van der Waals surface area contributed by atoms with Gasteiger partial charge in [0.25, 0.3) is 0 Å². The first-order valence-corrected chi connectivity index (χ1v) is 7.56. The second-order valence-corrected chi connectivity index (χ2v) is 6.50. The highest BCUT2D eigenvalue weighted by Gasteiger charge is 2.12. The van der Waals surface area contributed by atoms with Crippen molar-refractivity contribution in [3.05, 3.63) is 59.1 Å². The molecule has 0 heterocycles. The molecule has 0 aliphatic rings. The second kappa shape index (κ2) is 6.86. The van der Waals surface area contributed by atoms with E-state index in [1.165, 1.54) is 5.56 Å². The third-order valence-corrected chi connectivity index (χ3v) is 3.48. The van der Waals surface area contributed by atoms with Gasteiger partial charge in [0, 0.05) is 17.3 Å². The van der Waals surface area contributed by atoms with Crippen molar-refractivity contribution in [1.82, 2.24) is 0 Å². The molecule has 0 spiro atoms. The zero-order valence-electron chi connectivity index (χ0n) is 12.8. The molecule has 0 bridgehead atoms. The molecule has 0 radical (unpaired) electrons. The first-order valence-electron chi connectivity index (χ1n) is 7.18. The molecule has 1 N–H and O–H groups in total. The van der Waals surface area contributed by atoms with Crippen molar-refractivity contribution in [2.24, 2.45) is 0 Å². The number of benzene rings is 2. The van der Waals surface area contributed by atoms with E-state index in [1.54, 1.807) is 0 Å². The Labute approximate surface area is 132 Å². The lowest BCUT2D eigenvalue weighted by Gasteiger charge is -2.19. The van der Waals surface area contributed by atoms with Crippen molar-refractivity contribution in [1.29, 1.82) is 0 Å². The SMILES string of the molecule is CC(C)(C)c1ccc(OCCNc2cccc(Cl)c2)cc1. The molecule has 0 aromatic heterocycles. The number of hydrogen-bond acceptors (Lipinski definition) is 2. The van der Waals surface area contributed by atoms with E-state index in [2.05, 4.69) is 38.2 Å². The predicted octanol–water partition coefficient (Wildman–Crippen LogP) is 5.13. The molecule has 0 saturated carbocycles. The Morgan fingerprint density at radius 2 is 1.76 bits per heavy atom. The summed E-state index contributed by atoms with van der Waals surface area (Å²) in [6, 6.07) is 16.0. The lowest BCUT2D eigenvalue weighted by Crippen LogP contribution is -2.12. The van der Waals surface area contributed by atoms with Crippen molar-refractivity contribution in [2.45, 2.75) is 26.2 Å².